The molecule has 2 heteroatoms. The van der Waals surface area contributed by atoms with Crippen molar-refractivity contribution in [3.8, 4) is 0 Å². The number of fused-ring (bicyclic) bond motifs is 1. The van der Waals surface area contributed by atoms with E-state index in [4.69, 9.17) is 0 Å². The molecule has 17 heavy (non-hydrogen) atoms. The SMILES string of the molecule is CCCCCc1cc(F)cc2ccc(F)cc12. The average molecular weight is 234 g/mol. The Morgan fingerprint density at radius 1 is 0.941 bits per heavy atom. The first-order chi connectivity index (χ1) is 8.20. The van der Waals surface area contributed by atoms with E-state index in [1.165, 1.54) is 24.3 Å². The van der Waals surface area contributed by atoms with Crippen LogP contribution in [0.3, 0.4) is 0 Å². The van der Waals surface area contributed by atoms with Crippen LogP contribution in [0, 0.1) is 11.6 Å². The Bertz CT molecular complexity index is 518. The summed E-state index contributed by atoms with van der Waals surface area (Å²) in [6.45, 7) is 2.13. The molecule has 0 saturated heterocycles. The van der Waals surface area contributed by atoms with Crippen molar-refractivity contribution in [3.05, 3.63) is 47.5 Å². The zero-order chi connectivity index (χ0) is 12.3. The molecular weight excluding hydrogens is 218 g/mol. The Morgan fingerprint density at radius 3 is 2.53 bits per heavy atom. The molecule has 0 atom stereocenters. The van der Waals surface area contributed by atoms with Crippen LogP contribution in [-0.2, 0) is 6.42 Å². The third kappa shape index (κ3) is 2.82. The highest BCUT2D eigenvalue weighted by Crippen LogP contribution is 2.23. The highest BCUT2D eigenvalue weighted by molar-refractivity contribution is 5.85. The molecule has 0 aliphatic carbocycles. The lowest BCUT2D eigenvalue weighted by molar-refractivity contribution is 0.622. The van der Waals surface area contributed by atoms with Gasteiger partial charge in [-0.2, -0.15) is 0 Å². The van der Waals surface area contributed by atoms with Crippen molar-refractivity contribution >= 4 is 10.8 Å². The molecule has 0 amide bonds. The van der Waals surface area contributed by atoms with Crippen LogP contribution in [0.4, 0.5) is 8.78 Å². The van der Waals surface area contributed by atoms with Crippen molar-refractivity contribution in [2.24, 2.45) is 0 Å². The number of benzene rings is 2. The summed E-state index contributed by atoms with van der Waals surface area (Å²) < 4.78 is 26.6. The Hall–Kier alpha value is -1.44. The van der Waals surface area contributed by atoms with Crippen molar-refractivity contribution in [1.82, 2.24) is 0 Å². The van der Waals surface area contributed by atoms with Gasteiger partial charge in [-0.3, -0.25) is 0 Å². The highest BCUT2D eigenvalue weighted by atomic mass is 19.1. The van der Waals surface area contributed by atoms with E-state index in [1.54, 1.807) is 6.07 Å². The molecule has 0 aromatic heterocycles. The van der Waals surface area contributed by atoms with E-state index >= 15 is 0 Å². The van der Waals surface area contributed by atoms with Crippen molar-refractivity contribution < 1.29 is 8.78 Å². The second kappa shape index (κ2) is 5.26. The number of hydrogen-bond acceptors (Lipinski definition) is 0. The normalized spacial score (nSPS) is 11.0. The van der Waals surface area contributed by atoms with E-state index in [1.807, 2.05) is 0 Å². The summed E-state index contributed by atoms with van der Waals surface area (Å²) in [4.78, 5) is 0. The average Bonchev–Trinajstić information content (AvgIpc) is 2.30. The van der Waals surface area contributed by atoms with Crippen molar-refractivity contribution in [3.63, 3.8) is 0 Å². The molecule has 0 saturated carbocycles. The highest BCUT2D eigenvalue weighted by Gasteiger charge is 2.05. The summed E-state index contributed by atoms with van der Waals surface area (Å²) in [7, 11) is 0. The standard InChI is InChI=1S/C15H16F2/c1-2-3-4-5-11-8-14(17)9-12-6-7-13(16)10-15(11)12/h6-10H,2-5H2,1H3. The Morgan fingerprint density at radius 2 is 1.76 bits per heavy atom. The predicted octanol–water partition coefficient (Wildman–Crippen LogP) is 4.85. The second-order valence-corrected chi connectivity index (χ2v) is 4.39. The van der Waals surface area contributed by atoms with Crippen LogP contribution < -0.4 is 0 Å². The number of hydrogen-bond donors (Lipinski definition) is 0. The quantitative estimate of drug-likeness (QED) is 0.663. The van der Waals surface area contributed by atoms with E-state index in [0.717, 1.165) is 42.0 Å². The largest absolute Gasteiger partial charge is 0.207 e. The van der Waals surface area contributed by atoms with Gasteiger partial charge in [0.05, 0.1) is 0 Å². The minimum Gasteiger partial charge on any atom is -0.207 e. The minimum atomic E-state index is -0.263. The van der Waals surface area contributed by atoms with Crippen LogP contribution in [0.5, 0.6) is 0 Å². The maximum atomic E-state index is 13.4. The van der Waals surface area contributed by atoms with Crippen LogP contribution in [0.25, 0.3) is 10.8 Å². The Labute approximate surface area is 100 Å². The van der Waals surface area contributed by atoms with Gasteiger partial charge in [-0.1, -0.05) is 25.8 Å². The molecule has 2 rings (SSSR count). The summed E-state index contributed by atoms with van der Waals surface area (Å²) in [6, 6.07) is 7.49. The zero-order valence-corrected chi connectivity index (χ0v) is 9.97. The fourth-order valence-electron chi connectivity index (χ4n) is 2.14. The molecule has 0 heterocycles. The molecule has 0 nitrogen and oxygen atoms in total. The molecule has 0 N–H and O–H groups in total. The van der Waals surface area contributed by atoms with E-state index < -0.39 is 0 Å². The van der Waals surface area contributed by atoms with E-state index in [9.17, 15) is 8.78 Å². The minimum absolute atomic E-state index is 0.240. The van der Waals surface area contributed by atoms with Gasteiger partial charge in [0, 0.05) is 0 Å². The summed E-state index contributed by atoms with van der Waals surface area (Å²) in [5.41, 5.74) is 0.910. The summed E-state index contributed by atoms with van der Waals surface area (Å²) in [6.07, 6.45) is 4.08. The van der Waals surface area contributed by atoms with Gasteiger partial charge in [-0.05, 0) is 53.4 Å². The van der Waals surface area contributed by atoms with E-state index in [2.05, 4.69) is 6.92 Å². The van der Waals surface area contributed by atoms with Gasteiger partial charge in [0.15, 0.2) is 0 Å². The van der Waals surface area contributed by atoms with Gasteiger partial charge in [0.25, 0.3) is 0 Å². The van der Waals surface area contributed by atoms with Gasteiger partial charge in [0.2, 0.25) is 0 Å². The lowest BCUT2D eigenvalue weighted by atomic mass is 9.99. The first-order valence-corrected chi connectivity index (χ1v) is 6.08. The third-order valence-electron chi connectivity index (χ3n) is 3.02. The van der Waals surface area contributed by atoms with Crippen LogP contribution in [-0.4, -0.2) is 0 Å². The number of aryl methyl sites for hydroxylation is 1. The van der Waals surface area contributed by atoms with Crippen molar-refractivity contribution in [2.45, 2.75) is 32.6 Å². The monoisotopic (exact) mass is 234 g/mol. The van der Waals surface area contributed by atoms with E-state index in [-0.39, 0.29) is 11.6 Å². The van der Waals surface area contributed by atoms with Crippen molar-refractivity contribution in [1.29, 1.82) is 0 Å². The molecule has 0 radical (unpaired) electrons. The molecule has 0 aliphatic heterocycles. The Balaban J connectivity index is 2.40. The molecule has 0 spiro atoms. The number of unbranched alkanes of at least 4 members (excludes halogenated alkanes) is 2. The fraction of sp³-hybridized carbons (Fsp3) is 0.333. The Kier molecular flexibility index (Phi) is 3.72. The third-order valence-corrected chi connectivity index (χ3v) is 3.02. The first kappa shape index (κ1) is 12.0. The van der Waals surface area contributed by atoms with E-state index in [0.29, 0.717) is 0 Å². The van der Waals surface area contributed by atoms with Gasteiger partial charge < -0.3 is 0 Å². The summed E-state index contributed by atoms with van der Waals surface area (Å²) >= 11 is 0. The number of halogens is 2. The van der Waals surface area contributed by atoms with Gasteiger partial charge in [-0.25, -0.2) is 8.78 Å². The van der Waals surface area contributed by atoms with Gasteiger partial charge >= 0.3 is 0 Å². The van der Waals surface area contributed by atoms with Crippen molar-refractivity contribution in [2.75, 3.05) is 0 Å². The van der Waals surface area contributed by atoms with Crippen LogP contribution in [0.15, 0.2) is 30.3 Å². The van der Waals surface area contributed by atoms with Gasteiger partial charge in [-0.15, -0.1) is 0 Å². The molecule has 0 aliphatic rings. The van der Waals surface area contributed by atoms with Crippen LogP contribution in [0.2, 0.25) is 0 Å². The fourth-order valence-corrected chi connectivity index (χ4v) is 2.14. The van der Waals surface area contributed by atoms with Gasteiger partial charge in [0.1, 0.15) is 11.6 Å². The topological polar surface area (TPSA) is 0 Å². The molecule has 0 fully saturated rings. The molecule has 90 valence electrons. The summed E-state index contributed by atoms with van der Waals surface area (Å²) in [5, 5.41) is 1.61. The molecular formula is C15H16F2. The maximum Gasteiger partial charge on any atom is 0.124 e. The zero-order valence-electron chi connectivity index (χ0n) is 9.97. The van der Waals surface area contributed by atoms with Crippen LogP contribution in [0.1, 0.15) is 31.7 Å². The first-order valence-electron chi connectivity index (χ1n) is 6.08. The molecule has 0 unspecified atom stereocenters. The number of rotatable bonds is 4. The smallest absolute Gasteiger partial charge is 0.124 e. The molecule has 2 aromatic rings. The lowest BCUT2D eigenvalue weighted by Gasteiger charge is -2.07. The lowest BCUT2D eigenvalue weighted by Crippen LogP contribution is -1.91. The second-order valence-electron chi connectivity index (χ2n) is 4.39. The molecule has 0 bridgehead atoms. The maximum absolute atomic E-state index is 13.4. The predicted molar refractivity (Wildman–Crippen MR) is 67.1 cm³/mol. The summed E-state index contributed by atoms with van der Waals surface area (Å²) in [5.74, 6) is -0.503. The molecule has 2 aromatic carbocycles. The van der Waals surface area contributed by atoms with Crippen LogP contribution >= 0.6 is 0 Å².